The Kier molecular flexibility index (Phi) is 5.76. The van der Waals surface area contributed by atoms with E-state index in [-0.39, 0.29) is 17.0 Å². The van der Waals surface area contributed by atoms with Crippen molar-refractivity contribution in [3.63, 3.8) is 0 Å². The van der Waals surface area contributed by atoms with E-state index in [1.165, 1.54) is 29.5 Å². The third-order valence-electron chi connectivity index (χ3n) is 4.79. The lowest BCUT2D eigenvalue weighted by atomic mass is 10.0. The van der Waals surface area contributed by atoms with E-state index in [1.807, 2.05) is 36.1 Å². The normalized spacial score (nSPS) is 14.8. The zero-order valence-electron chi connectivity index (χ0n) is 16.0. The minimum Gasteiger partial charge on any atom is -0.311 e. The number of nitrogens with zero attached hydrogens (tertiary/aromatic N) is 3. The molecule has 1 aliphatic rings. The Hall–Kier alpha value is -2.93. The molecular weight excluding hydrogens is 387 g/mol. The molecule has 0 spiro atoms. The first kappa shape index (κ1) is 19.4. The second kappa shape index (κ2) is 8.61. The molecule has 0 bridgehead atoms. The number of rotatable bonds is 5. The van der Waals surface area contributed by atoms with Gasteiger partial charge in [-0.1, -0.05) is 48.2 Å². The van der Waals surface area contributed by atoms with Crippen LogP contribution in [0.3, 0.4) is 0 Å². The van der Waals surface area contributed by atoms with Crippen molar-refractivity contribution in [2.24, 2.45) is 0 Å². The minimum absolute atomic E-state index is 0.0651. The molecule has 4 rings (SSSR count). The fraction of sp³-hybridized carbons (Fsp3) is 0.227. The van der Waals surface area contributed by atoms with Gasteiger partial charge in [-0.3, -0.25) is 9.89 Å². The van der Waals surface area contributed by atoms with Gasteiger partial charge in [0, 0.05) is 12.2 Å². The Morgan fingerprint density at radius 2 is 2.00 bits per heavy atom. The highest BCUT2D eigenvalue weighted by molar-refractivity contribution is 8.00. The van der Waals surface area contributed by atoms with E-state index in [1.54, 1.807) is 18.2 Å². The first-order chi connectivity index (χ1) is 14.1. The number of H-pyrrole nitrogens is 1. The van der Waals surface area contributed by atoms with Crippen LogP contribution in [-0.4, -0.2) is 32.9 Å². The minimum atomic E-state index is -0.300. The van der Waals surface area contributed by atoms with E-state index in [0.29, 0.717) is 11.0 Å². The first-order valence-electron chi connectivity index (χ1n) is 9.52. The van der Waals surface area contributed by atoms with Crippen LogP contribution in [0.2, 0.25) is 0 Å². The van der Waals surface area contributed by atoms with Gasteiger partial charge in [-0.05, 0) is 55.2 Å². The number of nitrogens with one attached hydrogen (secondary N) is 1. The number of halogens is 1. The average Bonchev–Trinajstić information content (AvgIpc) is 3.19. The van der Waals surface area contributed by atoms with Crippen molar-refractivity contribution in [2.75, 3.05) is 11.4 Å². The molecule has 1 N–H and O–H groups in total. The third kappa shape index (κ3) is 4.56. The number of amides is 1. The molecule has 1 aromatic heterocycles. The topological polar surface area (TPSA) is 61.9 Å². The summed E-state index contributed by atoms with van der Waals surface area (Å²) in [6.07, 6.45) is 5.58. The second-order valence-electron chi connectivity index (χ2n) is 6.87. The predicted molar refractivity (Wildman–Crippen MR) is 114 cm³/mol. The third-order valence-corrected chi connectivity index (χ3v) is 5.74. The summed E-state index contributed by atoms with van der Waals surface area (Å²) in [5.74, 6) is 0.380. The fourth-order valence-corrected chi connectivity index (χ4v) is 4.12. The number of hydrogen-bond acceptors (Lipinski definition) is 4. The number of aromatic amines is 1. The Morgan fingerprint density at radius 1 is 1.21 bits per heavy atom. The molecule has 1 amide bonds. The molecule has 0 unspecified atom stereocenters. The smallest absolute Gasteiger partial charge is 0.240 e. The molecule has 0 radical (unpaired) electrons. The summed E-state index contributed by atoms with van der Waals surface area (Å²) in [5, 5.41) is 7.28. The number of hydrogen-bond donors (Lipinski definition) is 1. The molecule has 0 saturated heterocycles. The Labute approximate surface area is 173 Å². The van der Waals surface area contributed by atoms with Crippen LogP contribution in [0.5, 0.6) is 0 Å². The van der Waals surface area contributed by atoms with Crippen molar-refractivity contribution >= 4 is 35.5 Å². The highest BCUT2D eigenvalue weighted by Gasteiger charge is 2.27. The van der Waals surface area contributed by atoms with Gasteiger partial charge in [0.2, 0.25) is 11.1 Å². The number of aryl methyl sites for hydroxylation is 1. The summed E-state index contributed by atoms with van der Waals surface area (Å²) >= 11 is 1.34. The predicted octanol–water partition coefficient (Wildman–Crippen LogP) is 4.57. The maximum atomic E-state index is 13.0. The lowest BCUT2D eigenvalue weighted by Crippen LogP contribution is -2.40. The van der Waals surface area contributed by atoms with Crippen LogP contribution in [-0.2, 0) is 11.2 Å². The number of anilines is 1. The van der Waals surface area contributed by atoms with Crippen LogP contribution in [0, 0.1) is 5.82 Å². The molecule has 2 aromatic carbocycles. The van der Waals surface area contributed by atoms with Crippen molar-refractivity contribution in [1.82, 2.24) is 15.2 Å². The molecular formula is C22H21FN4OS. The van der Waals surface area contributed by atoms with Gasteiger partial charge in [0.1, 0.15) is 11.6 Å². The number of carbonyl (C=O) groups excluding carboxylic acids is 1. The standard InChI is InChI=1S/C22H21FN4OS/c1-15(21(28)27-14-4-6-17-5-2-3-7-19(17)27)29-22-24-20(25-26-22)13-10-16-8-11-18(23)12-9-16/h2-3,5,7-13,15H,4,6,14H2,1H3,(H,24,25,26)/b13-10+/t15-/m0/s1. The molecule has 7 heteroatoms. The van der Waals surface area contributed by atoms with E-state index >= 15 is 0 Å². The van der Waals surface area contributed by atoms with Gasteiger partial charge in [0.25, 0.3) is 0 Å². The summed E-state index contributed by atoms with van der Waals surface area (Å²) in [4.78, 5) is 19.3. The summed E-state index contributed by atoms with van der Waals surface area (Å²) in [6, 6.07) is 14.3. The molecule has 0 saturated carbocycles. The zero-order chi connectivity index (χ0) is 20.2. The van der Waals surface area contributed by atoms with Crippen LogP contribution in [0.15, 0.2) is 53.7 Å². The monoisotopic (exact) mass is 408 g/mol. The molecule has 0 aliphatic carbocycles. The number of aromatic nitrogens is 3. The van der Waals surface area contributed by atoms with E-state index in [2.05, 4.69) is 21.2 Å². The van der Waals surface area contributed by atoms with Gasteiger partial charge in [-0.15, -0.1) is 5.10 Å². The quantitative estimate of drug-likeness (QED) is 0.628. The zero-order valence-corrected chi connectivity index (χ0v) is 16.8. The van der Waals surface area contributed by atoms with Crippen molar-refractivity contribution in [1.29, 1.82) is 0 Å². The summed E-state index contributed by atoms with van der Waals surface area (Å²) in [7, 11) is 0. The van der Waals surface area contributed by atoms with Crippen LogP contribution in [0.25, 0.3) is 12.2 Å². The van der Waals surface area contributed by atoms with Crippen molar-refractivity contribution in [3.8, 4) is 0 Å². The summed E-state index contributed by atoms with van der Waals surface area (Å²) in [5.41, 5.74) is 3.09. The largest absolute Gasteiger partial charge is 0.311 e. The van der Waals surface area contributed by atoms with E-state index in [0.717, 1.165) is 30.6 Å². The van der Waals surface area contributed by atoms with Gasteiger partial charge in [0.05, 0.1) is 5.25 Å². The Morgan fingerprint density at radius 3 is 2.83 bits per heavy atom. The average molecular weight is 409 g/mol. The highest BCUT2D eigenvalue weighted by atomic mass is 32.2. The maximum absolute atomic E-state index is 13.0. The molecule has 148 valence electrons. The van der Waals surface area contributed by atoms with Gasteiger partial charge in [-0.2, -0.15) is 0 Å². The highest BCUT2D eigenvalue weighted by Crippen LogP contribution is 2.30. The van der Waals surface area contributed by atoms with E-state index < -0.39 is 0 Å². The lowest BCUT2D eigenvalue weighted by Gasteiger charge is -2.31. The number of para-hydroxylation sites is 1. The van der Waals surface area contributed by atoms with Crippen molar-refractivity contribution in [3.05, 3.63) is 71.3 Å². The van der Waals surface area contributed by atoms with Crippen molar-refractivity contribution < 1.29 is 9.18 Å². The molecule has 29 heavy (non-hydrogen) atoms. The molecule has 1 atom stereocenters. The molecule has 1 aliphatic heterocycles. The fourth-order valence-electron chi connectivity index (χ4n) is 3.32. The Bertz CT molecular complexity index is 1030. The number of fused-ring (bicyclic) bond motifs is 1. The lowest BCUT2D eigenvalue weighted by molar-refractivity contribution is -0.117. The summed E-state index contributed by atoms with van der Waals surface area (Å²) < 4.78 is 13.0. The van der Waals surface area contributed by atoms with Gasteiger partial charge >= 0.3 is 0 Å². The van der Waals surface area contributed by atoms with Gasteiger partial charge in [0.15, 0.2) is 0 Å². The van der Waals surface area contributed by atoms with Gasteiger partial charge in [-0.25, -0.2) is 9.37 Å². The molecule has 0 fully saturated rings. The van der Waals surface area contributed by atoms with E-state index in [4.69, 9.17) is 0 Å². The van der Waals surface area contributed by atoms with Crippen LogP contribution < -0.4 is 4.90 Å². The number of benzene rings is 2. The number of carbonyl (C=O) groups is 1. The molecule has 2 heterocycles. The first-order valence-corrected chi connectivity index (χ1v) is 10.4. The molecule has 5 nitrogen and oxygen atoms in total. The van der Waals surface area contributed by atoms with Gasteiger partial charge < -0.3 is 4.90 Å². The van der Waals surface area contributed by atoms with Crippen LogP contribution in [0.4, 0.5) is 10.1 Å². The number of thioether (sulfide) groups is 1. The SMILES string of the molecule is C[C@H](Sc1n[nH]c(/C=C/c2ccc(F)cc2)n1)C(=O)N1CCCc2ccccc21. The van der Waals surface area contributed by atoms with E-state index in [9.17, 15) is 9.18 Å². The second-order valence-corrected chi connectivity index (χ2v) is 8.18. The molecule has 3 aromatic rings. The maximum Gasteiger partial charge on any atom is 0.240 e. The van der Waals surface area contributed by atoms with Crippen LogP contribution >= 0.6 is 11.8 Å². The van der Waals surface area contributed by atoms with Crippen LogP contribution in [0.1, 0.15) is 30.3 Å². The van der Waals surface area contributed by atoms with Crippen molar-refractivity contribution in [2.45, 2.75) is 30.2 Å². The Balaban J connectivity index is 1.41. The summed E-state index contributed by atoms with van der Waals surface area (Å²) in [6.45, 7) is 2.62.